The number of hydrogen-bond acceptors (Lipinski definition) is 6. The number of thiazole rings is 1. The molecular formula is C20H21Cl2N5OS2. The Balaban J connectivity index is 1.34. The van der Waals surface area contributed by atoms with Crippen molar-refractivity contribution in [1.29, 1.82) is 0 Å². The molecule has 2 heterocycles. The number of halogens is 2. The van der Waals surface area contributed by atoms with E-state index in [0.29, 0.717) is 26.8 Å². The van der Waals surface area contributed by atoms with Crippen LogP contribution in [-0.2, 0) is 11.8 Å². The molecule has 6 nitrogen and oxygen atoms in total. The van der Waals surface area contributed by atoms with Crippen molar-refractivity contribution in [3.63, 3.8) is 0 Å². The Kier molecular flexibility index (Phi) is 6.98. The Morgan fingerprint density at radius 2 is 2.07 bits per heavy atom. The average Bonchev–Trinajstić information content (AvgIpc) is 3.33. The first-order valence-corrected chi connectivity index (χ1v) is 12.4. The molecule has 1 fully saturated rings. The number of benzene rings is 1. The third-order valence-electron chi connectivity index (χ3n) is 5.13. The van der Waals surface area contributed by atoms with Crippen LogP contribution in [0.5, 0.6) is 0 Å². The maximum Gasteiger partial charge on any atom is 0.236 e. The van der Waals surface area contributed by atoms with Crippen molar-refractivity contribution in [2.75, 3.05) is 11.1 Å². The summed E-state index contributed by atoms with van der Waals surface area (Å²) >= 11 is 14.9. The van der Waals surface area contributed by atoms with Crippen molar-refractivity contribution in [2.24, 2.45) is 7.05 Å². The van der Waals surface area contributed by atoms with Gasteiger partial charge >= 0.3 is 0 Å². The van der Waals surface area contributed by atoms with E-state index in [1.165, 1.54) is 55.2 Å². The smallest absolute Gasteiger partial charge is 0.236 e. The summed E-state index contributed by atoms with van der Waals surface area (Å²) in [6.07, 6.45) is 6.14. The van der Waals surface area contributed by atoms with Crippen molar-refractivity contribution in [2.45, 2.75) is 43.2 Å². The molecule has 2 aromatic heterocycles. The number of amides is 1. The Bertz CT molecular complexity index is 1050. The van der Waals surface area contributed by atoms with E-state index in [0.717, 1.165) is 16.5 Å². The van der Waals surface area contributed by atoms with Gasteiger partial charge in [0.2, 0.25) is 5.91 Å². The van der Waals surface area contributed by atoms with Crippen LogP contribution in [0.1, 0.15) is 43.8 Å². The molecule has 1 saturated carbocycles. The molecule has 30 heavy (non-hydrogen) atoms. The zero-order valence-electron chi connectivity index (χ0n) is 16.4. The predicted octanol–water partition coefficient (Wildman–Crippen LogP) is 6.02. The SMILES string of the molecule is Cn1c(SCC(=O)Nc2nc(-c3ccc(Cl)cc3Cl)cs2)nnc1C1CCCCC1. The Morgan fingerprint density at radius 1 is 1.27 bits per heavy atom. The lowest BCUT2D eigenvalue weighted by molar-refractivity contribution is -0.113. The van der Waals surface area contributed by atoms with E-state index in [9.17, 15) is 4.79 Å². The fourth-order valence-corrected chi connectivity index (χ4v) is 5.56. The maximum atomic E-state index is 12.4. The number of rotatable bonds is 6. The van der Waals surface area contributed by atoms with E-state index in [1.807, 2.05) is 23.1 Å². The van der Waals surface area contributed by atoms with Gasteiger partial charge in [-0.25, -0.2) is 4.98 Å². The quantitative estimate of drug-likeness (QED) is 0.435. The first-order valence-electron chi connectivity index (χ1n) is 9.74. The van der Waals surface area contributed by atoms with Gasteiger partial charge in [-0.3, -0.25) is 4.79 Å². The molecule has 0 saturated heterocycles. The number of aromatic nitrogens is 4. The first-order chi connectivity index (χ1) is 14.5. The third kappa shape index (κ3) is 4.99. The van der Waals surface area contributed by atoms with Crippen molar-refractivity contribution < 1.29 is 4.79 Å². The number of carbonyl (C=O) groups is 1. The van der Waals surface area contributed by atoms with Gasteiger partial charge in [-0.1, -0.05) is 54.2 Å². The molecule has 3 aromatic rings. The number of carbonyl (C=O) groups excluding carboxylic acids is 1. The van der Waals surface area contributed by atoms with Gasteiger partial charge in [-0.2, -0.15) is 0 Å². The van der Waals surface area contributed by atoms with Crippen LogP contribution < -0.4 is 5.32 Å². The van der Waals surface area contributed by atoms with Crippen molar-refractivity contribution >= 4 is 57.3 Å². The van der Waals surface area contributed by atoms with E-state index in [4.69, 9.17) is 23.2 Å². The average molecular weight is 482 g/mol. The highest BCUT2D eigenvalue weighted by Crippen LogP contribution is 2.34. The van der Waals surface area contributed by atoms with Gasteiger partial charge in [0, 0.05) is 28.9 Å². The van der Waals surface area contributed by atoms with Crippen LogP contribution in [0.3, 0.4) is 0 Å². The summed E-state index contributed by atoms with van der Waals surface area (Å²) in [5, 5.41) is 15.8. The molecule has 1 aromatic carbocycles. The number of nitrogens with one attached hydrogen (secondary N) is 1. The monoisotopic (exact) mass is 481 g/mol. The van der Waals surface area contributed by atoms with E-state index in [2.05, 4.69) is 20.5 Å². The van der Waals surface area contributed by atoms with Crippen LogP contribution in [0.2, 0.25) is 10.0 Å². The highest BCUT2D eigenvalue weighted by molar-refractivity contribution is 7.99. The normalized spacial score (nSPS) is 14.8. The minimum atomic E-state index is -0.134. The summed E-state index contributed by atoms with van der Waals surface area (Å²) in [7, 11) is 1.98. The van der Waals surface area contributed by atoms with Gasteiger partial charge in [0.1, 0.15) is 5.82 Å². The van der Waals surface area contributed by atoms with Crippen LogP contribution in [0.25, 0.3) is 11.3 Å². The summed E-state index contributed by atoms with van der Waals surface area (Å²) in [6, 6.07) is 5.26. The zero-order chi connectivity index (χ0) is 21.1. The van der Waals surface area contributed by atoms with Crippen molar-refractivity contribution in [3.8, 4) is 11.3 Å². The Labute approximate surface area is 193 Å². The molecule has 0 bridgehead atoms. The summed E-state index contributed by atoms with van der Waals surface area (Å²) in [5.41, 5.74) is 1.48. The molecule has 4 rings (SSSR count). The molecule has 0 spiro atoms. The molecule has 10 heteroatoms. The molecule has 1 N–H and O–H groups in total. The minimum absolute atomic E-state index is 0.134. The third-order valence-corrected chi connectivity index (χ3v) is 7.45. The van der Waals surface area contributed by atoms with Gasteiger partial charge in [0.05, 0.1) is 16.5 Å². The largest absolute Gasteiger partial charge is 0.309 e. The molecule has 158 valence electrons. The van der Waals surface area contributed by atoms with Gasteiger partial charge in [-0.15, -0.1) is 21.5 Å². The van der Waals surface area contributed by atoms with E-state index >= 15 is 0 Å². The van der Waals surface area contributed by atoms with Crippen LogP contribution in [0.4, 0.5) is 5.13 Å². The van der Waals surface area contributed by atoms with Crippen molar-refractivity contribution in [3.05, 3.63) is 39.4 Å². The Morgan fingerprint density at radius 3 is 2.83 bits per heavy atom. The van der Waals surface area contributed by atoms with Gasteiger partial charge < -0.3 is 9.88 Å². The lowest BCUT2D eigenvalue weighted by Gasteiger charge is -2.20. The summed E-state index contributed by atoms with van der Waals surface area (Å²) in [6.45, 7) is 0. The van der Waals surface area contributed by atoms with E-state index < -0.39 is 0 Å². The number of nitrogens with zero attached hydrogens (tertiary/aromatic N) is 4. The number of thioether (sulfide) groups is 1. The molecule has 1 amide bonds. The van der Waals surface area contributed by atoms with Gasteiger partial charge in [0.25, 0.3) is 0 Å². The van der Waals surface area contributed by atoms with Crippen LogP contribution in [0, 0.1) is 0 Å². The second-order valence-electron chi connectivity index (χ2n) is 7.23. The molecular weight excluding hydrogens is 461 g/mol. The summed E-state index contributed by atoms with van der Waals surface area (Å²) in [5.74, 6) is 1.62. The summed E-state index contributed by atoms with van der Waals surface area (Å²) < 4.78 is 2.03. The molecule has 0 unspecified atom stereocenters. The maximum absolute atomic E-state index is 12.4. The lowest BCUT2D eigenvalue weighted by Crippen LogP contribution is -2.14. The van der Waals surface area contributed by atoms with E-state index in [1.54, 1.807) is 12.1 Å². The lowest BCUT2D eigenvalue weighted by atomic mass is 9.89. The van der Waals surface area contributed by atoms with E-state index in [-0.39, 0.29) is 11.7 Å². The highest BCUT2D eigenvalue weighted by atomic mass is 35.5. The fourth-order valence-electron chi connectivity index (χ4n) is 3.61. The standard InChI is InChI=1S/C20H21Cl2N5OS2/c1-27-18(12-5-3-2-4-6-12)25-26-20(27)30-11-17(28)24-19-23-16(10-29-19)14-8-7-13(21)9-15(14)22/h7-10,12H,2-6,11H2,1H3,(H,23,24,28). The molecule has 1 aliphatic rings. The van der Waals surface area contributed by atoms with Crippen LogP contribution in [-0.4, -0.2) is 31.4 Å². The second kappa shape index (κ2) is 9.68. The first kappa shape index (κ1) is 21.6. The molecule has 1 aliphatic carbocycles. The number of anilines is 1. The topological polar surface area (TPSA) is 72.7 Å². The van der Waals surface area contributed by atoms with Gasteiger partial charge in [-0.05, 0) is 31.0 Å². The Hall–Kier alpha value is -1.61. The minimum Gasteiger partial charge on any atom is -0.309 e. The molecule has 0 radical (unpaired) electrons. The van der Waals surface area contributed by atoms with Crippen molar-refractivity contribution in [1.82, 2.24) is 19.7 Å². The second-order valence-corrected chi connectivity index (χ2v) is 9.88. The van der Waals surface area contributed by atoms with Crippen LogP contribution >= 0.6 is 46.3 Å². The summed E-state index contributed by atoms with van der Waals surface area (Å²) in [4.78, 5) is 16.9. The molecule has 0 atom stereocenters. The van der Waals surface area contributed by atoms with Gasteiger partial charge in [0.15, 0.2) is 10.3 Å². The highest BCUT2D eigenvalue weighted by Gasteiger charge is 2.22. The predicted molar refractivity (Wildman–Crippen MR) is 124 cm³/mol. The fraction of sp³-hybridized carbons (Fsp3) is 0.400. The number of hydrogen-bond donors (Lipinski definition) is 1. The molecule has 0 aliphatic heterocycles. The zero-order valence-corrected chi connectivity index (χ0v) is 19.5. The van der Waals surface area contributed by atoms with Crippen LogP contribution in [0.15, 0.2) is 28.7 Å².